The topological polar surface area (TPSA) is 46.3 Å². The summed E-state index contributed by atoms with van der Waals surface area (Å²) in [6, 6.07) is 9.75. The number of carbonyl (C=O) groups excluding carboxylic acids is 1. The SMILES string of the molecule is CC1(C)C(C(=O)N(CCC(N)=S)c2ccccc2)C1(C)C. The van der Waals surface area contributed by atoms with Crippen molar-refractivity contribution in [2.24, 2.45) is 22.5 Å². The first-order valence-electron chi connectivity index (χ1n) is 7.34. The highest BCUT2D eigenvalue weighted by Crippen LogP contribution is 2.68. The average Bonchev–Trinajstić information content (AvgIpc) is 2.80. The zero-order chi connectivity index (χ0) is 15.8. The van der Waals surface area contributed by atoms with Crippen molar-refractivity contribution in [1.82, 2.24) is 0 Å². The van der Waals surface area contributed by atoms with Crippen LogP contribution in [0.4, 0.5) is 5.69 Å². The molecule has 0 aliphatic heterocycles. The molecule has 0 spiro atoms. The second kappa shape index (κ2) is 5.41. The molecule has 0 heterocycles. The van der Waals surface area contributed by atoms with Crippen molar-refractivity contribution < 1.29 is 4.79 Å². The largest absolute Gasteiger partial charge is 0.393 e. The molecule has 1 saturated carbocycles. The summed E-state index contributed by atoms with van der Waals surface area (Å²) < 4.78 is 0. The molecule has 0 aromatic heterocycles. The van der Waals surface area contributed by atoms with E-state index in [0.29, 0.717) is 18.0 Å². The van der Waals surface area contributed by atoms with E-state index in [4.69, 9.17) is 18.0 Å². The van der Waals surface area contributed by atoms with E-state index in [2.05, 4.69) is 27.7 Å². The second-order valence-electron chi connectivity index (χ2n) is 6.92. The summed E-state index contributed by atoms with van der Waals surface area (Å²) in [4.78, 5) is 15.3. The zero-order valence-electron chi connectivity index (χ0n) is 13.2. The Labute approximate surface area is 132 Å². The predicted molar refractivity (Wildman–Crippen MR) is 91.2 cm³/mol. The lowest BCUT2D eigenvalue weighted by molar-refractivity contribution is -0.120. The smallest absolute Gasteiger partial charge is 0.231 e. The van der Waals surface area contributed by atoms with Crippen molar-refractivity contribution in [3.8, 4) is 0 Å². The fourth-order valence-electron chi connectivity index (χ4n) is 3.17. The maximum atomic E-state index is 13.0. The maximum absolute atomic E-state index is 13.0. The molecule has 0 bridgehead atoms. The van der Waals surface area contributed by atoms with Gasteiger partial charge in [0.15, 0.2) is 0 Å². The van der Waals surface area contributed by atoms with Gasteiger partial charge >= 0.3 is 0 Å². The van der Waals surface area contributed by atoms with E-state index in [9.17, 15) is 4.79 Å². The van der Waals surface area contributed by atoms with Crippen LogP contribution >= 0.6 is 12.2 Å². The summed E-state index contributed by atoms with van der Waals surface area (Å²) in [5.74, 6) is 0.212. The van der Waals surface area contributed by atoms with E-state index < -0.39 is 0 Å². The molecular formula is C17H24N2OS. The highest BCUT2D eigenvalue weighted by molar-refractivity contribution is 7.80. The van der Waals surface area contributed by atoms with Gasteiger partial charge in [0, 0.05) is 24.6 Å². The van der Waals surface area contributed by atoms with Crippen molar-refractivity contribution in [3.63, 3.8) is 0 Å². The van der Waals surface area contributed by atoms with Crippen molar-refractivity contribution in [2.45, 2.75) is 34.1 Å². The lowest BCUT2D eigenvalue weighted by Gasteiger charge is -2.24. The molecule has 0 unspecified atom stereocenters. The van der Waals surface area contributed by atoms with Crippen LogP contribution in [0.15, 0.2) is 30.3 Å². The van der Waals surface area contributed by atoms with Crippen LogP contribution in [0.2, 0.25) is 0 Å². The highest BCUT2D eigenvalue weighted by Gasteiger charge is 2.68. The van der Waals surface area contributed by atoms with Crippen LogP contribution in [0.5, 0.6) is 0 Å². The Hall–Kier alpha value is -1.42. The molecule has 0 atom stereocenters. The summed E-state index contributed by atoms with van der Waals surface area (Å²) in [6.45, 7) is 9.18. The number of amides is 1. The molecule has 21 heavy (non-hydrogen) atoms. The highest BCUT2D eigenvalue weighted by atomic mass is 32.1. The molecule has 0 saturated heterocycles. The lowest BCUT2D eigenvalue weighted by Crippen LogP contribution is -2.36. The van der Waals surface area contributed by atoms with E-state index in [0.717, 1.165) is 5.69 Å². The van der Waals surface area contributed by atoms with E-state index in [1.54, 1.807) is 0 Å². The molecule has 3 nitrogen and oxygen atoms in total. The van der Waals surface area contributed by atoms with Crippen LogP contribution < -0.4 is 10.6 Å². The Bertz CT molecular complexity index is 537. The quantitative estimate of drug-likeness (QED) is 0.848. The molecule has 1 aliphatic rings. The number of anilines is 1. The third kappa shape index (κ3) is 2.82. The normalized spacial score (nSPS) is 19.0. The molecule has 2 rings (SSSR count). The number of hydrogen-bond donors (Lipinski definition) is 1. The van der Waals surface area contributed by atoms with Gasteiger partial charge in [-0.15, -0.1) is 0 Å². The second-order valence-corrected chi connectivity index (χ2v) is 7.44. The van der Waals surface area contributed by atoms with Crippen LogP contribution in [0.3, 0.4) is 0 Å². The van der Waals surface area contributed by atoms with Crippen molar-refractivity contribution in [1.29, 1.82) is 0 Å². The van der Waals surface area contributed by atoms with Crippen molar-refractivity contribution in [3.05, 3.63) is 30.3 Å². The third-order valence-electron chi connectivity index (χ3n) is 5.18. The van der Waals surface area contributed by atoms with Gasteiger partial charge in [0.25, 0.3) is 0 Å². The first-order valence-corrected chi connectivity index (χ1v) is 7.75. The summed E-state index contributed by atoms with van der Waals surface area (Å²) in [7, 11) is 0. The standard InChI is InChI=1S/C17H24N2OS/c1-16(2)14(17(16,3)4)15(20)19(11-10-13(18)21)12-8-6-5-7-9-12/h5-9,14H,10-11H2,1-4H3,(H2,18,21). The maximum Gasteiger partial charge on any atom is 0.231 e. The lowest BCUT2D eigenvalue weighted by atomic mass is 10.0. The number of carbonyl (C=O) groups is 1. The minimum atomic E-state index is 0.0281. The molecule has 1 amide bonds. The summed E-state index contributed by atoms with van der Waals surface area (Å²) >= 11 is 4.96. The molecule has 2 N–H and O–H groups in total. The summed E-state index contributed by atoms with van der Waals surface area (Å²) in [5.41, 5.74) is 6.58. The number of para-hydroxylation sites is 1. The minimum absolute atomic E-state index is 0.0281. The number of nitrogens with zero attached hydrogens (tertiary/aromatic N) is 1. The molecule has 1 aromatic rings. The average molecular weight is 304 g/mol. The molecule has 4 heteroatoms. The van der Waals surface area contributed by atoms with Crippen LogP contribution in [0.1, 0.15) is 34.1 Å². The van der Waals surface area contributed by atoms with E-state index in [1.165, 1.54) is 0 Å². The fourth-order valence-corrected chi connectivity index (χ4v) is 3.26. The van der Waals surface area contributed by atoms with Gasteiger partial charge in [-0.2, -0.15) is 0 Å². The van der Waals surface area contributed by atoms with Gasteiger partial charge in [0.1, 0.15) is 0 Å². The van der Waals surface area contributed by atoms with Gasteiger partial charge < -0.3 is 10.6 Å². The number of thiocarbonyl (C=S) groups is 1. The molecule has 114 valence electrons. The Kier molecular flexibility index (Phi) is 4.11. The predicted octanol–water partition coefficient (Wildman–Crippen LogP) is 3.38. The van der Waals surface area contributed by atoms with Gasteiger partial charge in [-0.25, -0.2) is 0 Å². The molecule has 0 radical (unpaired) electrons. The molecular weight excluding hydrogens is 280 g/mol. The van der Waals surface area contributed by atoms with Gasteiger partial charge in [0.05, 0.1) is 4.99 Å². The Morgan fingerprint density at radius 1 is 1.19 bits per heavy atom. The first-order chi connectivity index (χ1) is 9.69. The van der Waals surface area contributed by atoms with E-state index >= 15 is 0 Å². The number of nitrogens with two attached hydrogens (primary N) is 1. The Morgan fingerprint density at radius 3 is 2.14 bits per heavy atom. The minimum Gasteiger partial charge on any atom is -0.393 e. The Balaban J connectivity index is 2.24. The van der Waals surface area contributed by atoms with Crippen LogP contribution in [0, 0.1) is 16.7 Å². The van der Waals surface area contributed by atoms with Gasteiger partial charge in [-0.3, -0.25) is 4.79 Å². The Morgan fingerprint density at radius 2 is 1.71 bits per heavy atom. The first kappa shape index (κ1) is 16.0. The van der Waals surface area contributed by atoms with Crippen molar-refractivity contribution in [2.75, 3.05) is 11.4 Å². The zero-order valence-corrected chi connectivity index (χ0v) is 14.0. The van der Waals surface area contributed by atoms with Crippen LogP contribution in [-0.4, -0.2) is 17.4 Å². The van der Waals surface area contributed by atoms with Gasteiger partial charge in [0.2, 0.25) is 5.91 Å². The van der Waals surface area contributed by atoms with Crippen LogP contribution in [0.25, 0.3) is 0 Å². The molecule has 1 aromatic carbocycles. The number of hydrogen-bond acceptors (Lipinski definition) is 2. The van der Waals surface area contributed by atoms with E-state index in [-0.39, 0.29) is 22.7 Å². The summed E-state index contributed by atoms with van der Waals surface area (Å²) in [5, 5.41) is 0. The molecule has 1 aliphatic carbocycles. The fraction of sp³-hybridized carbons (Fsp3) is 0.529. The van der Waals surface area contributed by atoms with Gasteiger partial charge in [-0.05, 0) is 23.0 Å². The number of rotatable bonds is 5. The monoisotopic (exact) mass is 304 g/mol. The van der Waals surface area contributed by atoms with Crippen molar-refractivity contribution >= 4 is 28.8 Å². The summed E-state index contributed by atoms with van der Waals surface area (Å²) in [6.07, 6.45) is 0.545. The van der Waals surface area contributed by atoms with Gasteiger partial charge in [-0.1, -0.05) is 58.1 Å². The van der Waals surface area contributed by atoms with Crippen LogP contribution in [-0.2, 0) is 4.79 Å². The molecule has 1 fully saturated rings. The van der Waals surface area contributed by atoms with E-state index in [1.807, 2.05) is 35.2 Å². The number of benzene rings is 1. The third-order valence-corrected chi connectivity index (χ3v) is 5.39.